The molecule has 0 unspecified atom stereocenters. The molecule has 132 valence electrons. The highest BCUT2D eigenvalue weighted by molar-refractivity contribution is 9.10. The van der Waals surface area contributed by atoms with Gasteiger partial charge in [0, 0.05) is 10.5 Å². The molecular weight excluding hydrogens is 399 g/mol. The van der Waals surface area contributed by atoms with Crippen LogP contribution in [-0.4, -0.2) is 24.5 Å². The van der Waals surface area contributed by atoms with Gasteiger partial charge >= 0.3 is 0 Å². The van der Waals surface area contributed by atoms with Gasteiger partial charge in [0.2, 0.25) is 0 Å². The third kappa shape index (κ3) is 4.24. The Morgan fingerprint density at radius 2 is 2.04 bits per heavy atom. The van der Waals surface area contributed by atoms with E-state index in [0.717, 1.165) is 6.07 Å². The number of ether oxygens (including phenoxy) is 2. The molecule has 0 fully saturated rings. The van der Waals surface area contributed by atoms with Crippen molar-refractivity contribution in [2.75, 3.05) is 19.0 Å². The molecule has 0 radical (unpaired) electrons. The van der Waals surface area contributed by atoms with Gasteiger partial charge in [-0.25, -0.2) is 4.39 Å². The third-order valence-electron chi connectivity index (χ3n) is 3.20. The van der Waals surface area contributed by atoms with E-state index in [0.29, 0.717) is 4.47 Å². The fourth-order valence-corrected chi connectivity index (χ4v) is 2.42. The zero-order chi connectivity index (χ0) is 18.6. The van der Waals surface area contributed by atoms with E-state index in [1.54, 1.807) is 6.92 Å². The van der Waals surface area contributed by atoms with E-state index in [1.807, 2.05) is 0 Å². The third-order valence-corrected chi connectivity index (χ3v) is 3.70. The molecule has 2 aromatic rings. The van der Waals surface area contributed by atoms with Gasteiger partial charge in [0.05, 0.1) is 30.4 Å². The second kappa shape index (κ2) is 7.93. The number of nitrogens with zero attached hydrogens (tertiary/aromatic N) is 1. The van der Waals surface area contributed by atoms with Crippen molar-refractivity contribution in [1.82, 2.24) is 0 Å². The van der Waals surface area contributed by atoms with Crippen LogP contribution in [0.4, 0.5) is 15.8 Å². The first-order valence-corrected chi connectivity index (χ1v) is 7.92. The summed E-state index contributed by atoms with van der Waals surface area (Å²) in [6.07, 6.45) is 0. The van der Waals surface area contributed by atoms with Crippen molar-refractivity contribution in [3.05, 3.63) is 56.3 Å². The number of hydrogen-bond acceptors (Lipinski definition) is 5. The number of nitro groups is 1. The van der Waals surface area contributed by atoms with Crippen molar-refractivity contribution >= 4 is 33.2 Å². The van der Waals surface area contributed by atoms with E-state index in [4.69, 9.17) is 9.47 Å². The molecule has 25 heavy (non-hydrogen) atoms. The lowest BCUT2D eigenvalue weighted by atomic mass is 10.1. The molecule has 0 aliphatic heterocycles. The molecule has 0 aliphatic rings. The smallest absolute Gasteiger partial charge is 0.286 e. The average molecular weight is 413 g/mol. The predicted molar refractivity (Wildman–Crippen MR) is 92.9 cm³/mol. The van der Waals surface area contributed by atoms with E-state index >= 15 is 0 Å². The number of anilines is 1. The highest BCUT2D eigenvalue weighted by atomic mass is 79.9. The highest BCUT2D eigenvalue weighted by Crippen LogP contribution is 2.35. The van der Waals surface area contributed by atoms with E-state index in [1.165, 1.54) is 31.4 Å². The van der Waals surface area contributed by atoms with Crippen molar-refractivity contribution < 1.29 is 23.6 Å². The lowest BCUT2D eigenvalue weighted by Gasteiger charge is -2.12. The van der Waals surface area contributed by atoms with Gasteiger partial charge in [-0.2, -0.15) is 0 Å². The number of nitrogens with one attached hydrogen (secondary N) is 1. The van der Waals surface area contributed by atoms with Crippen LogP contribution < -0.4 is 14.8 Å². The summed E-state index contributed by atoms with van der Waals surface area (Å²) in [5.41, 5.74) is -0.845. The van der Waals surface area contributed by atoms with Crippen LogP contribution in [-0.2, 0) is 0 Å². The Labute approximate surface area is 151 Å². The first-order valence-electron chi connectivity index (χ1n) is 7.13. The molecule has 0 bridgehead atoms. The molecule has 0 atom stereocenters. The molecule has 0 saturated heterocycles. The Hall–Kier alpha value is -2.68. The fraction of sp³-hybridized carbons (Fsp3) is 0.188. The Balaban J connectivity index is 2.45. The maximum absolute atomic E-state index is 13.9. The molecule has 1 N–H and O–H groups in total. The van der Waals surface area contributed by atoms with Crippen LogP contribution in [0.25, 0.3) is 0 Å². The zero-order valence-electron chi connectivity index (χ0n) is 13.3. The molecule has 0 aromatic heterocycles. The molecule has 2 rings (SSSR count). The molecule has 0 saturated carbocycles. The van der Waals surface area contributed by atoms with Crippen LogP contribution in [0.15, 0.2) is 34.8 Å². The summed E-state index contributed by atoms with van der Waals surface area (Å²) in [6.45, 7) is 1.98. The van der Waals surface area contributed by atoms with Crippen LogP contribution in [0.3, 0.4) is 0 Å². The molecule has 0 aliphatic carbocycles. The molecule has 0 spiro atoms. The first kappa shape index (κ1) is 18.7. The van der Waals surface area contributed by atoms with Crippen LogP contribution in [0, 0.1) is 15.9 Å². The standard InChI is InChI=1S/C16H14BrFN2O5/c1-3-25-15-8-13(20(22)23)10(7-14(15)24-2)16(21)19-12-5-4-9(17)6-11(12)18/h4-8H,3H2,1-2H3,(H,19,21). The molecule has 0 heterocycles. The maximum Gasteiger partial charge on any atom is 0.286 e. The van der Waals surface area contributed by atoms with Crippen LogP contribution >= 0.6 is 15.9 Å². The van der Waals surface area contributed by atoms with Crippen LogP contribution in [0.1, 0.15) is 17.3 Å². The lowest BCUT2D eigenvalue weighted by Crippen LogP contribution is -2.15. The summed E-state index contributed by atoms with van der Waals surface area (Å²) in [7, 11) is 1.35. The topological polar surface area (TPSA) is 90.7 Å². The summed E-state index contributed by atoms with van der Waals surface area (Å²) in [6, 6.07) is 6.34. The van der Waals surface area contributed by atoms with E-state index in [-0.39, 0.29) is 29.4 Å². The van der Waals surface area contributed by atoms with Crippen LogP contribution in [0.2, 0.25) is 0 Å². The highest BCUT2D eigenvalue weighted by Gasteiger charge is 2.25. The normalized spacial score (nSPS) is 10.2. The number of rotatable bonds is 6. The Morgan fingerprint density at radius 1 is 1.32 bits per heavy atom. The second-order valence-electron chi connectivity index (χ2n) is 4.79. The molecule has 2 aromatic carbocycles. The van der Waals surface area contributed by atoms with Gasteiger partial charge < -0.3 is 14.8 Å². The number of halogens is 2. The summed E-state index contributed by atoms with van der Waals surface area (Å²) < 4.78 is 24.8. The molecule has 1 amide bonds. The quantitative estimate of drug-likeness (QED) is 0.568. The largest absolute Gasteiger partial charge is 0.493 e. The number of amides is 1. The maximum atomic E-state index is 13.9. The lowest BCUT2D eigenvalue weighted by molar-refractivity contribution is -0.385. The van der Waals surface area contributed by atoms with Gasteiger partial charge in [-0.15, -0.1) is 0 Å². The Bertz CT molecular complexity index is 828. The van der Waals surface area contributed by atoms with E-state index in [2.05, 4.69) is 21.2 Å². The molecule has 9 heteroatoms. The van der Waals surface area contributed by atoms with E-state index in [9.17, 15) is 19.3 Å². The predicted octanol–water partition coefficient (Wildman–Crippen LogP) is 4.16. The zero-order valence-corrected chi connectivity index (χ0v) is 14.9. The Kier molecular flexibility index (Phi) is 5.92. The number of carbonyl (C=O) groups excluding carboxylic acids is 1. The minimum absolute atomic E-state index is 0.102. The molecular formula is C16H14BrFN2O5. The number of hydrogen-bond donors (Lipinski definition) is 1. The van der Waals surface area contributed by atoms with Crippen molar-refractivity contribution in [3.8, 4) is 11.5 Å². The summed E-state index contributed by atoms with van der Waals surface area (Å²) >= 11 is 3.11. The Morgan fingerprint density at radius 3 is 2.60 bits per heavy atom. The summed E-state index contributed by atoms with van der Waals surface area (Å²) in [5, 5.41) is 13.6. The van der Waals surface area contributed by atoms with E-state index < -0.39 is 22.3 Å². The van der Waals surface area contributed by atoms with Crippen LogP contribution in [0.5, 0.6) is 11.5 Å². The SMILES string of the molecule is CCOc1cc([N+](=O)[O-])c(C(=O)Nc2ccc(Br)cc2F)cc1OC. The van der Waals surface area contributed by atoms with Gasteiger partial charge in [-0.3, -0.25) is 14.9 Å². The minimum Gasteiger partial charge on any atom is -0.493 e. The number of benzene rings is 2. The fourth-order valence-electron chi connectivity index (χ4n) is 2.09. The van der Waals surface area contributed by atoms with Gasteiger partial charge in [-0.05, 0) is 25.1 Å². The van der Waals surface area contributed by atoms with Gasteiger partial charge in [0.15, 0.2) is 11.5 Å². The van der Waals surface area contributed by atoms with Crippen molar-refractivity contribution in [3.63, 3.8) is 0 Å². The second-order valence-corrected chi connectivity index (χ2v) is 5.70. The summed E-state index contributed by atoms with van der Waals surface area (Å²) in [4.78, 5) is 23.0. The van der Waals surface area contributed by atoms with Crippen molar-refractivity contribution in [2.24, 2.45) is 0 Å². The number of carbonyl (C=O) groups is 1. The minimum atomic E-state index is -0.839. The van der Waals surface area contributed by atoms with Crippen molar-refractivity contribution in [2.45, 2.75) is 6.92 Å². The van der Waals surface area contributed by atoms with Gasteiger partial charge in [-0.1, -0.05) is 15.9 Å². The van der Waals surface area contributed by atoms with Gasteiger partial charge in [0.25, 0.3) is 11.6 Å². The number of nitro benzene ring substituents is 1. The average Bonchev–Trinajstić information content (AvgIpc) is 2.57. The molecule has 7 nitrogen and oxygen atoms in total. The monoisotopic (exact) mass is 412 g/mol. The van der Waals surface area contributed by atoms with Gasteiger partial charge in [0.1, 0.15) is 11.4 Å². The number of methoxy groups -OCH3 is 1. The summed E-state index contributed by atoms with van der Waals surface area (Å²) in [5.74, 6) is -1.21. The first-order chi connectivity index (χ1) is 11.9. The van der Waals surface area contributed by atoms with Crippen molar-refractivity contribution in [1.29, 1.82) is 0 Å².